The first-order valence-electron chi connectivity index (χ1n) is 4.97. The molecule has 1 nitrogen and oxygen atoms in total. The van der Waals surface area contributed by atoms with Crippen LogP contribution >= 0.6 is 39.1 Å². The summed E-state index contributed by atoms with van der Waals surface area (Å²) in [6.45, 7) is 0. The topological polar surface area (TPSA) is 9.23 Å². The van der Waals surface area contributed by atoms with E-state index in [0.29, 0.717) is 15.4 Å². The van der Waals surface area contributed by atoms with Gasteiger partial charge in [-0.15, -0.1) is 0 Å². The molecule has 2 aromatic rings. The summed E-state index contributed by atoms with van der Waals surface area (Å²) in [4.78, 5) is 0. The van der Waals surface area contributed by atoms with E-state index in [1.165, 1.54) is 0 Å². The first kappa shape index (κ1) is 12.7. The van der Waals surface area contributed by atoms with Crippen LogP contribution in [0.15, 0.2) is 42.5 Å². The van der Waals surface area contributed by atoms with Gasteiger partial charge in [0.1, 0.15) is 11.5 Å². The van der Waals surface area contributed by atoms with E-state index in [4.69, 9.17) is 27.9 Å². The van der Waals surface area contributed by atoms with Gasteiger partial charge in [-0.3, -0.25) is 0 Å². The van der Waals surface area contributed by atoms with Crippen LogP contribution in [0.5, 0.6) is 11.5 Å². The van der Waals surface area contributed by atoms with Gasteiger partial charge in [0.25, 0.3) is 0 Å². The van der Waals surface area contributed by atoms with Crippen molar-refractivity contribution >= 4 is 39.1 Å². The van der Waals surface area contributed by atoms with E-state index < -0.39 is 0 Å². The van der Waals surface area contributed by atoms with Crippen LogP contribution in [0, 0.1) is 0 Å². The summed E-state index contributed by atoms with van der Waals surface area (Å²) in [6.07, 6.45) is 0. The molecule has 0 aliphatic heterocycles. The normalized spacial score (nSPS) is 10.3. The van der Waals surface area contributed by atoms with Crippen molar-refractivity contribution in [2.45, 2.75) is 5.33 Å². The van der Waals surface area contributed by atoms with E-state index >= 15 is 0 Å². The van der Waals surface area contributed by atoms with Crippen LogP contribution in [0.25, 0.3) is 0 Å². The molecule has 0 amide bonds. The summed E-state index contributed by atoms with van der Waals surface area (Å²) in [6, 6.07) is 12.8. The second-order valence-electron chi connectivity index (χ2n) is 3.44. The average Bonchev–Trinajstić information content (AvgIpc) is 2.34. The maximum atomic E-state index is 5.93. The molecule has 0 radical (unpaired) electrons. The molecule has 0 unspecified atom stereocenters. The highest BCUT2D eigenvalue weighted by atomic mass is 79.9. The van der Waals surface area contributed by atoms with E-state index in [1.54, 1.807) is 18.2 Å². The summed E-state index contributed by atoms with van der Waals surface area (Å²) < 4.78 is 5.76. The van der Waals surface area contributed by atoms with Gasteiger partial charge in [0, 0.05) is 20.9 Å². The summed E-state index contributed by atoms with van der Waals surface area (Å²) in [7, 11) is 0. The smallest absolute Gasteiger partial charge is 0.131 e. The monoisotopic (exact) mass is 330 g/mol. The third-order valence-electron chi connectivity index (χ3n) is 2.21. The minimum atomic E-state index is 0.689. The Hall–Kier alpha value is -0.700. The van der Waals surface area contributed by atoms with Gasteiger partial charge in [0.15, 0.2) is 0 Å². The Balaban J connectivity index is 2.26. The second-order valence-corrected chi connectivity index (χ2v) is 4.88. The molecule has 0 N–H and O–H groups in total. The number of alkyl halides is 1. The lowest BCUT2D eigenvalue weighted by Crippen LogP contribution is -1.89. The maximum Gasteiger partial charge on any atom is 0.131 e. The molecule has 0 fully saturated rings. The van der Waals surface area contributed by atoms with Gasteiger partial charge in [-0.05, 0) is 42.5 Å². The molecule has 0 bridgehead atoms. The predicted octanol–water partition coefficient (Wildman–Crippen LogP) is 5.68. The van der Waals surface area contributed by atoms with Crippen molar-refractivity contribution in [1.82, 2.24) is 0 Å². The second kappa shape index (κ2) is 5.76. The van der Waals surface area contributed by atoms with Gasteiger partial charge >= 0.3 is 0 Å². The lowest BCUT2D eigenvalue weighted by atomic mass is 10.2. The molecule has 0 spiro atoms. The van der Waals surface area contributed by atoms with Gasteiger partial charge in [-0.25, -0.2) is 0 Å². The quantitative estimate of drug-likeness (QED) is 0.657. The van der Waals surface area contributed by atoms with E-state index in [-0.39, 0.29) is 0 Å². The lowest BCUT2D eigenvalue weighted by Gasteiger charge is -2.10. The summed E-state index contributed by atoms with van der Waals surface area (Å²) in [5.74, 6) is 1.53. The Labute approximate surface area is 118 Å². The van der Waals surface area contributed by atoms with Gasteiger partial charge in [0.05, 0.1) is 0 Å². The number of hydrogen-bond donors (Lipinski definition) is 0. The van der Waals surface area contributed by atoms with Crippen LogP contribution in [-0.2, 0) is 5.33 Å². The molecule has 0 saturated carbocycles. The third-order valence-corrected chi connectivity index (χ3v) is 3.30. The van der Waals surface area contributed by atoms with Gasteiger partial charge < -0.3 is 4.74 Å². The van der Waals surface area contributed by atoms with Crippen LogP contribution in [0.1, 0.15) is 5.56 Å². The molecule has 88 valence electrons. The van der Waals surface area contributed by atoms with Crippen LogP contribution in [0.3, 0.4) is 0 Å². The molecule has 0 aliphatic rings. The third kappa shape index (κ3) is 3.38. The van der Waals surface area contributed by atoms with E-state index in [9.17, 15) is 0 Å². The molecular formula is C13H9BrCl2O. The molecule has 2 aromatic carbocycles. The number of hydrogen-bond acceptors (Lipinski definition) is 1. The number of benzene rings is 2. The molecular weight excluding hydrogens is 323 g/mol. The largest absolute Gasteiger partial charge is 0.457 e. The van der Waals surface area contributed by atoms with Crippen molar-refractivity contribution in [1.29, 1.82) is 0 Å². The highest BCUT2D eigenvalue weighted by molar-refractivity contribution is 9.08. The van der Waals surface area contributed by atoms with Gasteiger partial charge in [0.2, 0.25) is 0 Å². The Bertz CT molecular complexity index is 511. The average molecular weight is 332 g/mol. The summed E-state index contributed by atoms with van der Waals surface area (Å²) in [5.41, 5.74) is 1.01. The number of rotatable bonds is 3. The zero-order valence-electron chi connectivity index (χ0n) is 8.79. The molecule has 0 saturated heterocycles. The zero-order valence-corrected chi connectivity index (χ0v) is 11.9. The predicted molar refractivity (Wildman–Crippen MR) is 75.6 cm³/mol. The van der Waals surface area contributed by atoms with E-state index in [0.717, 1.165) is 17.1 Å². The summed E-state index contributed by atoms with van der Waals surface area (Å²) in [5, 5.41) is 2.08. The van der Waals surface area contributed by atoms with Crippen molar-refractivity contribution in [3.63, 3.8) is 0 Å². The fourth-order valence-corrected chi connectivity index (χ4v) is 2.14. The Morgan fingerprint density at radius 3 is 2.24 bits per heavy atom. The minimum Gasteiger partial charge on any atom is -0.457 e. The van der Waals surface area contributed by atoms with E-state index in [1.807, 2.05) is 24.3 Å². The van der Waals surface area contributed by atoms with Crippen molar-refractivity contribution in [3.8, 4) is 11.5 Å². The van der Waals surface area contributed by atoms with Gasteiger partial charge in [-0.2, -0.15) is 0 Å². The van der Waals surface area contributed by atoms with Crippen molar-refractivity contribution < 1.29 is 4.74 Å². The van der Waals surface area contributed by atoms with Crippen LogP contribution in [0.2, 0.25) is 10.0 Å². The Kier molecular flexibility index (Phi) is 4.32. The minimum absolute atomic E-state index is 0.689. The Morgan fingerprint density at radius 1 is 0.941 bits per heavy atom. The van der Waals surface area contributed by atoms with Crippen molar-refractivity contribution in [2.24, 2.45) is 0 Å². The fourth-order valence-electron chi connectivity index (χ4n) is 1.38. The highest BCUT2D eigenvalue weighted by Crippen LogP contribution is 2.29. The first-order chi connectivity index (χ1) is 8.19. The number of ether oxygens (including phenoxy) is 1. The molecule has 0 heterocycles. The van der Waals surface area contributed by atoms with E-state index in [2.05, 4.69) is 15.9 Å². The SMILES string of the molecule is Clc1ccc(Oc2ccc(Cl)cc2CBr)cc1. The zero-order chi connectivity index (χ0) is 12.3. The Morgan fingerprint density at radius 2 is 1.59 bits per heavy atom. The fraction of sp³-hybridized carbons (Fsp3) is 0.0769. The molecule has 0 aromatic heterocycles. The number of halogens is 3. The van der Waals surface area contributed by atoms with Crippen LogP contribution < -0.4 is 4.74 Å². The lowest BCUT2D eigenvalue weighted by molar-refractivity contribution is 0.478. The first-order valence-corrected chi connectivity index (χ1v) is 6.84. The molecule has 0 aliphatic carbocycles. The molecule has 17 heavy (non-hydrogen) atoms. The standard InChI is InChI=1S/C13H9BrCl2O/c14-8-9-7-11(16)3-6-13(9)17-12-4-1-10(15)2-5-12/h1-7H,8H2. The maximum absolute atomic E-state index is 5.93. The highest BCUT2D eigenvalue weighted by Gasteiger charge is 2.05. The molecule has 4 heteroatoms. The van der Waals surface area contributed by atoms with Gasteiger partial charge in [-0.1, -0.05) is 39.1 Å². The van der Waals surface area contributed by atoms with Crippen molar-refractivity contribution in [3.05, 3.63) is 58.1 Å². The van der Waals surface area contributed by atoms with Crippen LogP contribution in [-0.4, -0.2) is 0 Å². The van der Waals surface area contributed by atoms with Crippen molar-refractivity contribution in [2.75, 3.05) is 0 Å². The molecule has 0 atom stereocenters. The molecule has 2 rings (SSSR count). The summed E-state index contributed by atoms with van der Waals surface area (Å²) >= 11 is 15.1. The van der Waals surface area contributed by atoms with Crippen LogP contribution in [0.4, 0.5) is 0 Å².